The van der Waals surface area contributed by atoms with Crippen LogP contribution in [0.1, 0.15) is 45.9 Å². The zero-order chi connectivity index (χ0) is 22.3. The summed E-state index contributed by atoms with van der Waals surface area (Å²) in [4.78, 5) is 33.0. The van der Waals surface area contributed by atoms with Crippen LogP contribution in [-0.4, -0.2) is 82.6 Å². The maximum Gasteiger partial charge on any atom is 0.328 e. The third-order valence-corrected chi connectivity index (χ3v) is 5.40. The first kappa shape index (κ1) is 24.3. The second-order valence-electron chi connectivity index (χ2n) is 9.07. The maximum atomic E-state index is 12.5. The van der Waals surface area contributed by atoms with E-state index in [1.165, 1.54) is 0 Å². The van der Waals surface area contributed by atoms with Crippen molar-refractivity contribution < 1.29 is 24.2 Å². The van der Waals surface area contributed by atoms with Crippen molar-refractivity contribution >= 4 is 11.9 Å². The molecule has 0 spiro atoms. The summed E-state index contributed by atoms with van der Waals surface area (Å²) in [6, 6.07) is 0.535. The second kappa shape index (κ2) is 10.9. The van der Waals surface area contributed by atoms with Gasteiger partial charge in [-0.2, -0.15) is 0 Å². The second-order valence-corrected chi connectivity index (χ2v) is 9.07. The maximum absolute atomic E-state index is 12.5. The normalized spacial score (nSPS) is 16.7. The fraction of sp³-hybridized carbons (Fsp3) is 0.762. The van der Waals surface area contributed by atoms with Crippen LogP contribution in [0.5, 0.6) is 0 Å². The molecule has 1 aliphatic rings. The van der Waals surface area contributed by atoms with E-state index in [9.17, 15) is 14.7 Å². The zero-order valence-corrected chi connectivity index (χ0v) is 18.8. The van der Waals surface area contributed by atoms with Gasteiger partial charge in [-0.05, 0) is 26.9 Å². The molecule has 1 aliphatic heterocycles. The van der Waals surface area contributed by atoms with Crippen LogP contribution in [0.25, 0.3) is 0 Å². The van der Waals surface area contributed by atoms with Gasteiger partial charge in [0.1, 0.15) is 12.4 Å². The lowest BCUT2D eigenvalue weighted by Gasteiger charge is -2.35. The van der Waals surface area contributed by atoms with Crippen molar-refractivity contribution in [2.45, 2.75) is 65.3 Å². The van der Waals surface area contributed by atoms with Crippen LogP contribution in [0.4, 0.5) is 0 Å². The van der Waals surface area contributed by atoms with E-state index in [1.807, 2.05) is 25.7 Å². The Morgan fingerprint density at radius 2 is 1.97 bits per heavy atom. The first-order valence-corrected chi connectivity index (χ1v) is 10.5. The van der Waals surface area contributed by atoms with Crippen molar-refractivity contribution in [3.8, 4) is 0 Å². The Morgan fingerprint density at radius 1 is 1.30 bits per heavy atom. The minimum Gasteiger partial charge on any atom is -0.437 e. The molecule has 30 heavy (non-hydrogen) atoms. The summed E-state index contributed by atoms with van der Waals surface area (Å²) in [5, 5.41) is 9.80. The summed E-state index contributed by atoms with van der Waals surface area (Å²) in [6.07, 6.45) is 5.08. The first-order chi connectivity index (χ1) is 14.1. The van der Waals surface area contributed by atoms with Gasteiger partial charge >= 0.3 is 5.97 Å². The lowest BCUT2D eigenvalue weighted by atomic mass is 9.96. The highest BCUT2D eigenvalue weighted by Gasteiger charge is 2.24. The summed E-state index contributed by atoms with van der Waals surface area (Å²) < 4.78 is 11.8. The number of esters is 1. The monoisotopic (exact) mass is 424 g/mol. The summed E-state index contributed by atoms with van der Waals surface area (Å²) in [5.74, 6) is 0.292. The van der Waals surface area contributed by atoms with E-state index in [1.54, 1.807) is 17.0 Å². The van der Waals surface area contributed by atoms with E-state index >= 15 is 0 Å². The van der Waals surface area contributed by atoms with E-state index in [-0.39, 0.29) is 19.2 Å². The topological polar surface area (TPSA) is 97.1 Å². The van der Waals surface area contributed by atoms with Crippen molar-refractivity contribution in [1.82, 2.24) is 19.4 Å². The molecule has 1 fully saturated rings. The number of aliphatic hydroxyl groups is 1. The smallest absolute Gasteiger partial charge is 0.328 e. The van der Waals surface area contributed by atoms with Gasteiger partial charge in [0, 0.05) is 49.8 Å². The van der Waals surface area contributed by atoms with Gasteiger partial charge < -0.3 is 28.9 Å². The zero-order valence-electron chi connectivity index (χ0n) is 18.8. The Kier molecular flexibility index (Phi) is 8.81. The van der Waals surface area contributed by atoms with Crippen LogP contribution in [-0.2, 0) is 32.0 Å². The van der Waals surface area contributed by atoms with Gasteiger partial charge in [-0.15, -0.1) is 0 Å². The molecule has 1 saturated heterocycles. The Hall–Kier alpha value is -1.97. The molecular weight excluding hydrogens is 388 g/mol. The summed E-state index contributed by atoms with van der Waals surface area (Å²) >= 11 is 0. The first-order valence-electron chi connectivity index (χ1n) is 10.5. The van der Waals surface area contributed by atoms with E-state index < -0.39 is 17.7 Å². The number of hydrogen-bond acceptors (Lipinski definition) is 7. The predicted molar refractivity (Wildman–Crippen MR) is 111 cm³/mol. The number of aliphatic hydroxyl groups excluding tert-OH is 1. The Bertz CT molecular complexity index is 690. The number of ether oxygens (including phenoxy) is 2. The largest absolute Gasteiger partial charge is 0.437 e. The molecule has 9 heteroatoms. The molecule has 1 amide bonds. The van der Waals surface area contributed by atoms with Crippen molar-refractivity contribution in [2.24, 2.45) is 5.41 Å². The van der Waals surface area contributed by atoms with Crippen molar-refractivity contribution in [1.29, 1.82) is 0 Å². The molecule has 1 unspecified atom stereocenters. The van der Waals surface area contributed by atoms with Crippen LogP contribution in [0.15, 0.2) is 12.4 Å². The molecule has 1 atom stereocenters. The van der Waals surface area contributed by atoms with Crippen LogP contribution >= 0.6 is 0 Å². The molecule has 2 rings (SSSR count). The van der Waals surface area contributed by atoms with Gasteiger partial charge in [0.25, 0.3) is 0 Å². The average Bonchev–Trinajstić information content (AvgIpc) is 3.12. The SMILES string of the molecule is CN(C)C1CCN(C(=O)CCc2nccn2CC(=O)OCOC(O)C(C)(C)C)CC1. The number of carbonyl (C=O) groups is 2. The number of likely N-dealkylation sites (tertiary alicyclic amines) is 1. The Labute approximate surface area is 178 Å². The predicted octanol–water partition coefficient (Wildman–Crippen LogP) is 1.25. The van der Waals surface area contributed by atoms with Crippen LogP contribution in [0, 0.1) is 5.41 Å². The molecule has 0 aromatic carbocycles. The number of amides is 1. The van der Waals surface area contributed by atoms with Crippen molar-refractivity contribution in [3.05, 3.63) is 18.2 Å². The minimum absolute atomic E-state index is 0.0211. The van der Waals surface area contributed by atoms with Crippen molar-refractivity contribution in [3.63, 3.8) is 0 Å². The Morgan fingerprint density at radius 3 is 2.57 bits per heavy atom. The summed E-state index contributed by atoms with van der Waals surface area (Å²) in [7, 11) is 4.15. The molecular formula is C21H36N4O5. The lowest BCUT2D eigenvalue weighted by molar-refractivity contribution is -0.211. The molecule has 0 aliphatic carbocycles. The molecule has 1 aromatic rings. The van der Waals surface area contributed by atoms with Gasteiger partial charge in [-0.25, -0.2) is 4.98 Å². The molecule has 0 radical (unpaired) electrons. The minimum atomic E-state index is -1.03. The van der Waals surface area contributed by atoms with Crippen molar-refractivity contribution in [2.75, 3.05) is 34.0 Å². The van der Waals surface area contributed by atoms with E-state index in [0.717, 1.165) is 25.9 Å². The average molecular weight is 425 g/mol. The number of piperidine rings is 1. The molecule has 0 saturated carbocycles. The van der Waals surface area contributed by atoms with E-state index in [0.29, 0.717) is 24.7 Å². The van der Waals surface area contributed by atoms with Crippen LogP contribution < -0.4 is 0 Å². The number of nitrogens with zero attached hydrogens (tertiary/aromatic N) is 4. The molecule has 1 aromatic heterocycles. The fourth-order valence-corrected chi connectivity index (χ4v) is 3.32. The highest BCUT2D eigenvalue weighted by Crippen LogP contribution is 2.19. The molecule has 1 N–H and O–H groups in total. The number of aryl methyl sites for hydroxylation is 1. The molecule has 0 bridgehead atoms. The lowest BCUT2D eigenvalue weighted by Crippen LogP contribution is -2.44. The highest BCUT2D eigenvalue weighted by molar-refractivity contribution is 5.76. The number of carbonyl (C=O) groups excluding carboxylic acids is 2. The van der Waals surface area contributed by atoms with Crippen LogP contribution in [0.3, 0.4) is 0 Å². The number of hydrogen-bond donors (Lipinski definition) is 1. The standard InChI is InChI=1S/C21H36N4O5/c1-21(2,3)20(28)30-15-29-19(27)14-25-13-10-22-17(25)6-7-18(26)24-11-8-16(9-12-24)23(4)5/h10,13,16,20,28H,6-9,11-12,14-15H2,1-5H3. The fourth-order valence-electron chi connectivity index (χ4n) is 3.32. The van der Waals surface area contributed by atoms with Gasteiger partial charge in [-0.1, -0.05) is 20.8 Å². The van der Waals surface area contributed by atoms with Crippen LogP contribution in [0.2, 0.25) is 0 Å². The summed E-state index contributed by atoms with van der Waals surface area (Å²) in [5.41, 5.74) is -0.460. The molecule has 9 nitrogen and oxygen atoms in total. The highest BCUT2D eigenvalue weighted by atomic mass is 16.7. The van der Waals surface area contributed by atoms with E-state index in [2.05, 4.69) is 24.0 Å². The third-order valence-electron chi connectivity index (χ3n) is 5.40. The van der Waals surface area contributed by atoms with Gasteiger partial charge in [0.15, 0.2) is 13.1 Å². The number of imidazole rings is 1. The van der Waals surface area contributed by atoms with Gasteiger partial charge in [0.2, 0.25) is 5.91 Å². The number of aromatic nitrogens is 2. The molecule has 170 valence electrons. The van der Waals surface area contributed by atoms with E-state index in [4.69, 9.17) is 9.47 Å². The number of rotatable bonds is 9. The quantitative estimate of drug-likeness (QED) is 0.471. The third kappa shape index (κ3) is 7.37. The molecule has 2 heterocycles. The summed E-state index contributed by atoms with van der Waals surface area (Å²) in [6.45, 7) is 6.69. The van der Waals surface area contributed by atoms with Gasteiger partial charge in [0.05, 0.1) is 0 Å². The van der Waals surface area contributed by atoms with Gasteiger partial charge in [-0.3, -0.25) is 9.59 Å². The Balaban J connectivity index is 1.75.